The van der Waals surface area contributed by atoms with Gasteiger partial charge in [0, 0.05) is 25.2 Å². The molecule has 0 N–H and O–H groups in total. The number of likely N-dealkylation sites (tertiary alicyclic amines) is 2. The smallest absolute Gasteiger partial charge is 0.254 e. The summed E-state index contributed by atoms with van der Waals surface area (Å²) in [5.74, 6) is 3.50. The molecule has 2 aliphatic rings. The Balaban J connectivity index is 1.58. The van der Waals surface area contributed by atoms with Crippen molar-refractivity contribution in [1.82, 2.24) is 9.80 Å². The maximum Gasteiger partial charge on any atom is 0.254 e. The Hall–Kier alpha value is -1.75. The highest BCUT2D eigenvalue weighted by molar-refractivity contribution is 5.95. The van der Waals surface area contributed by atoms with Gasteiger partial charge in [-0.25, -0.2) is 0 Å². The van der Waals surface area contributed by atoms with Crippen LogP contribution in [-0.4, -0.2) is 62.1 Å². The Kier molecular flexibility index (Phi) is 8.43. The maximum atomic E-state index is 13.2. The van der Waals surface area contributed by atoms with E-state index in [4.69, 9.17) is 9.47 Å². The third-order valence-electron chi connectivity index (χ3n) is 6.56. The highest BCUT2D eigenvalue weighted by atomic mass is 16.5. The van der Waals surface area contributed by atoms with Crippen LogP contribution >= 0.6 is 0 Å². The molecule has 0 bridgehead atoms. The van der Waals surface area contributed by atoms with Crippen molar-refractivity contribution in [2.45, 2.75) is 52.9 Å². The minimum absolute atomic E-state index is 0.110. The lowest BCUT2D eigenvalue weighted by molar-refractivity contribution is 0.0622. The third-order valence-corrected chi connectivity index (χ3v) is 6.56. The van der Waals surface area contributed by atoms with Gasteiger partial charge in [0.15, 0.2) is 11.5 Å². The number of hydrogen-bond acceptors (Lipinski definition) is 4. The Morgan fingerprint density at radius 1 is 1.13 bits per heavy atom. The van der Waals surface area contributed by atoms with Crippen LogP contribution in [0.1, 0.15) is 63.2 Å². The molecule has 1 aromatic rings. The van der Waals surface area contributed by atoms with Crippen molar-refractivity contribution in [2.24, 2.45) is 17.8 Å². The summed E-state index contributed by atoms with van der Waals surface area (Å²) in [4.78, 5) is 17.8. The van der Waals surface area contributed by atoms with Gasteiger partial charge in [-0.2, -0.15) is 0 Å². The standard InChI is InChI=1S/C25H40N2O3/c1-19(2)11-15-30-23-8-7-22(16-24(23)29-4)25(28)27-12-5-6-21(18-27)17-26-13-9-20(3)10-14-26/h7-8,16,19-21H,5-6,9-15,17-18H2,1-4H3. The highest BCUT2D eigenvalue weighted by Crippen LogP contribution is 2.30. The number of nitrogens with zero attached hydrogens (tertiary/aromatic N) is 2. The molecule has 0 aliphatic carbocycles. The molecule has 1 atom stereocenters. The van der Waals surface area contributed by atoms with Crippen LogP contribution in [0.2, 0.25) is 0 Å². The first-order valence-electron chi connectivity index (χ1n) is 11.8. The molecule has 0 spiro atoms. The van der Waals surface area contributed by atoms with Crippen LogP contribution in [0, 0.1) is 17.8 Å². The predicted molar refractivity (Wildman–Crippen MR) is 121 cm³/mol. The van der Waals surface area contributed by atoms with Crippen LogP contribution in [-0.2, 0) is 0 Å². The molecule has 0 radical (unpaired) electrons. The number of carbonyl (C=O) groups excluding carboxylic acids is 1. The van der Waals surface area contributed by atoms with E-state index in [1.165, 1.54) is 32.4 Å². The number of ether oxygens (including phenoxy) is 2. The second kappa shape index (κ2) is 11.0. The fourth-order valence-electron chi connectivity index (χ4n) is 4.52. The van der Waals surface area contributed by atoms with Crippen molar-refractivity contribution in [2.75, 3.05) is 46.4 Å². The molecule has 168 valence electrons. The molecule has 1 unspecified atom stereocenters. The van der Waals surface area contributed by atoms with E-state index >= 15 is 0 Å². The summed E-state index contributed by atoms with van der Waals surface area (Å²) in [6.45, 7) is 12.6. The molecule has 3 rings (SSSR count). The highest BCUT2D eigenvalue weighted by Gasteiger charge is 2.27. The van der Waals surface area contributed by atoms with E-state index in [9.17, 15) is 4.79 Å². The maximum absolute atomic E-state index is 13.2. The average Bonchev–Trinajstić information content (AvgIpc) is 2.75. The van der Waals surface area contributed by atoms with Gasteiger partial charge in [-0.15, -0.1) is 0 Å². The lowest BCUT2D eigenvalue weighted by Crippen LogP contribution is -2.45. The van der Waals surface area contributed by atoms with E-state index in [1.807, 2.05) is 23.1 Å². The summed E-state index contributed by atoms with van der Waals surface area (Å²) >= 11 is 0. The summed E-state index contributed by atoms with van der Waals surface area (Å²) in [5, 5.41) is 0. The summed E-state index contributed by atoms with van der Waals surface area (Å²) < 4.78 is 11.4. The molecule has 0 aromatic heterocycles. The van der Waals surface area contributed by atoms with Gasteiger partial charge in [0.1, 0.15) is 0 Å². The molecule has 1 amide bonds. The first kappa shape index (κ1) is 22.9. The minimum atomic E-state index is 0.110. The van der Waals surface area contributed by atoms with E-state index in [2.05, 4.69) is 25.7 Å². The normalized spacial score (nSPS) is 21.1. The Morgan fingerprint density at radius 2 is 1.90 bits per heavy atom. The van der Waals surface area contributed by atoms with Crippen molar-refractivity contribution in [3.05, 3.63) is 23.8 Å². The summed E-state index contributed by atoms with van der Waals surface area (Å²) in [6.07, 6.45) is 5.92. The quantitative estimate of drug-likeness (QED) is 0.616. The molecular formula is C25H40N2O3. The zero-order valence-electron chi connectivity index (χ0n) is 19.4. The van der Waals surface area contributed by atoms with Gasteiger partial charge < -0.3 is 19.3 Å². The van der Waals surface area contributed by atoms with Crippen LogP contribution in [0.3, 0.4) is 0 Å². The molecule has 2 saturated heterocycles. The molecule has 5 heteroatoms. The Morgan fingerprint density at radius 3 is 2.60 bits per heavy atom. The van der Waals surface area contributed by atoms with E-state index in [0.717, 1.165) is 38.4 Å². The second-order valence-electron chi connectivity index (χ2n) is 9.64. The molecule has 30 heavy (non-hydrogen) atoms. The Labute approximate surface area is 182 Å². The second-order valence-corrected chi connectivity index (χ2v) is 9.64. The predicted octanol–water partition coefficient (Wildman–Crippen LogP) is 4.70. The van der Waals surface area contributed by atoms with E-state index in [1.54, 1.807) is 7.11 Å². The summed E-state index contributed by atoms with van der Waals surface area (Å²) in [7, 11) is 1.63. The minimum Gasteiger partial charge on any atom is -0.493 e. The summed E-state index contributed by atoms with van der Waals surface area (Å²) in [6, 6.07) is 5.59. The first-order chi connectivity index (χ1) is 14.5. The third kappa shape index (κ3) is 6.37. The number of amides is 1. The Bertz CT molecular complexity index is 683. The van der Waals surface area contributed by atoms with Crippen LogP contribution in [0.5, 0.6) is 11.5 Å². The lowest BCUT2D eigenvalue weighted by atomic mass is 9.94. The fraction of sp³-hybridized carbons (Fsp3) is 0.720. The molecule has 0 saturated carbocycles. The zero-order valence-corrected chi connectivity index (χ0v) is 19.4. The largest absolute Gasteiger partial charge is 0.493 e. The van der Waals surface area contributed by atoms with Gasteiger partial charge in [0.05, 0.1) is 13.7 Å². The number of benzene rings is 1. The van der Waals surface area contributed by atoms with Gasteiger partial charge in [-0.3, -0.25) is 4.79 Å². The number of piperidine rings is 2. The van der Waals surface area contributed by atoms with Crippen molar-refractivity contribution >= 4 is 5.91 Å². The van der Waals surface area contributed by atoms with Crippen molar-refractivity contribution in [3.8, 4) is 11.5 Å². The number of rotatable bonds is 8. The van der Waals surface area contributed by atoms with Crippen LogP contribution in [0.4, 0.5) is 0 Å². The molecule has 1 aromatic carbocycles. The van der Waals surface area contributed by atoms with Gasteiger partial charge in [-0.1, -0.05) is 20.8 Å². The summed E-state index contributed by atoms with van der Waals surface area (Å²) in [5.41, 5.74) is 0.690. The molecule has 2 heterocycles. The van der Waals surface area contributed by atoms with Gasteiger partial charge in [0.2, 0.25) is 0 Å². The van der Waals surface area contributed by atoms with E-state index < -0.39 is 0 Å². The number of hydrogen-bond donors (Lipinski definition) is 0. The monoisotopic (exact) mass is 416 g/mol. The number of carbonyl (C=O) groups is 1. The average molecular weight is 417 g/mol. The van der Waals surface area contributed by atoms with Crippen LogP contribution in [0.15, 0.2) is 18.2 Å². The van der Waals surface area contributed by atoms with Gasteiger partial charge in [0.25, 0.3) is 5.91 Å². The SMILES string of the molecule is COc1cc(C(=O)N2CCCC(CN3CCC(C)CC3)C2)ccc1OCCC(C)C. The van der Waals surface area contributed by atoms with E-state index in [-0.39, 0.29) is 5.91 Å². The van der Waals surface area contributed by atoms with Crippen molar-refractivity contribution < 1.29 is 14.3 Å². The van der Waals surface area contributed by atoms with Crippen LogP contribution < -0.4 is 9.47 Å². The molecule has 5 nitrogen and oxygen atoms in total. The van der Waals surface area contributed by atoms with Gasteiger partial charge >= 0.3 is 0 Å². The molecular weight excluding hydrogens is 376 g/mol. The van der Waals surface area contributed by atoms with Crippen molar-refractivity contribution in [3.63, 3.8) is 0 Å². The van der Waals surface area contributed by atoms with Gasteiger partial charge in [-0.05, 0) is 81.1 Å². The van der Waals surface area contributed by atoms with Crippen LogP contribution in [0.25, 0.3) is 0 Å². The van der Waals surface area contributed by atoms with Crippen molar-refractivity contribution in [1.29, 1.82) is 0 Å². The zero-order chi connectivity index (χ0) is 21.5. The molecule has 2 aliphatic heterocycles. The molecule has 2 fully saturated rings. The lowest BCUT2D eigenvalue weighted by Gasteiger charge is -2.38. The number of methoxy groups -OCH3 is 1. The topological polar surface area (TPSA) is 42.0 Å². The van der Waals surface area contributed by atoms with E-state index in [0.29, 0.717) is 35.5 Å². The first-order valence-corrected chi connectivity index (χ1v) is 11.8. The fourth-order valence-corrected chi connectivity index (χ4v) is 4.52.